The summed E-state index contributed by atoms with van der Waals surface area (Å²) in [6.45, 7) is 10.5. The van der Waals surface area contributed by atoms with E-state index in [1.807, 2.05) is 0 Å². The van der Waals surface area contributed by atoms with Gasteiger partial charge in [0.15, 0.2) is 5.96 Å². The predicted octanol–water partition coefficient (Wildman–Crippen LogP) is 4.38. The third-order valence-corrected chi connectivity index (χ3v) is 4.94. The largest absolute Gasteiger partial charge is 0.343 e. The number of hydrogen-bond donors (Lipinski definition) is 2. The van der Waals surface area contributed by atoms with Crippen molar-refractivity contribution in [3.05, 3.63) is 28.8 Å². The van der Waals surface area contributed by atoms with Crippen molar-refractivity contribution >= 4 is 11.6 Å². The van der Waals surface area contributed by atoms with Gasteiger partial charge in [-0.1, -0.05) is 30.5 Å². The predicted molar refractivity (Wildman–Crippen MR) is 110 cm³/mol. The van der Waals surface area contributed by atoms with Crippen LogP contribution < -0.4 is 11.1 Å². The lowest BCUT2D eigenvalue weighted by atomic mass is 10.1. The first kappa shape index (κ1) is 19.8. The smallest absolute Gasteiger partial charge is 0.198 e. The summed E-state index contributed by atoms with van der Waals surface area (Å²) in [7, 11) is 0. The van der Waals surface area contributed by atoms with Crippen molar-refractivity contribution in [2.24, 2.45) is 10.7 Å². The van der Waals surface area contributed by atoms with Gasteiger partial charge in [-0.25, -0.2) is 0 Å². The maximum Gasteiger partial charge on any atom is 0.198 e. The number of aliphatic imine (C=N–C) groups is 1. The van der Waals surface area contributed by atoms with Crippen LogP contribution in [0.5, 0.6) is 0 Å². The quantitative estimate of drug-likeness (QED) is 0.438. The van der Waals surface area contributed by atoms with E-state index in [9.17, 15) is 0 Å². The molecule has 0 radical (unpaired) electrons. The molecule has 0 amide bonds. The fraction of sp³-hybridized carbons (Fsp3) is 0.667. The molecular weight excluding hydrogens is 308 g/mol. The minimum Gasteiger partial charge on any atom is -0.343 e. The highest BCUT2D eigenvalue weighted by atomic mass is 15.3. The maximum absolute atomic E-state index is 5.57. The van der Waals surface area contributed by atoms with Gasteiger partial charge in [-0.3, -0.25) is 4.99 Å². The van der Waals surface area contributed by atoms with Gasteiger partial charge in [-0.05, 0) is 70.5 Å². The summed E-state index contributed by atoms with van der Waals surface area (Å²) in [6.07, 6.45) is 8.58. The third kappa shape index (κ3) is 6.35. The summed E-state index contributed by atoms with van der Waals surface area (Å²) in [6, 6.07) is 4.49. The van der Waals surface area contributed by atoms with Gasteiger partial charge in [-0.2, -0.15) is 0 Å². The van der Waals surface area contributed by atoms with Crippen molar-refractivity contribution in [1.29, 1.82) is 0 Å². The molecule has 1 aromatic rings. The minimum absolute atomic E-state index is 0.801. The van der Waals surface area contributed by atoms with Gasteiger partial charge in [0.2, 0.25) is 0 Å². The summed E-state index contributed by atoms with van der Waals surface area (Å²) in [5.74, 6) is 1.06. The van der Waals surface area contributed by atoms with Crippen LogP contribution in [0.1, 0.15) is 61.6 Å². The fourth-order valence-electron chi connectivity index (χ4n) is 3.61. The Kier molecular flexibility index (Phi) is 8.26. The van der Waals surface area contributed by atoms with Crippen LogP contribution >= 0.6 is 0 Å². The Labute approximate surface area is 153 Å². The number of guanidine groups is 1. The average molecular weight is 345 g/mol. The lowest BCUT2D eigenvalue weighted by Crippen LogP contribution is -2.40. The number of nitrogens with two attached hydrogens (primary N) is 1. The van der Waals surface area contributed by atoms with Crippen LogP contribution in [-0.2, 0) is 0 Å². The number of likely N-dealkylation sites (tertiary alicyclic amines) is 1. The zero-order valence-corrected chi connectivity index (χ0v) is 16.4. The molecule has 1 heterocycles. The van der Waals surface area contributed by atoms with E-state index >= 15 is 0 Å². The van der Waals surface area contributed by atoms with Crippen molar-refractivity contribution in [2.75, 3.05) is 31.5 Å². The molecule has 4 heteroatoms. The summed E-state index contributed by atoms with van der Waals surface area (Å²) >= 11 is 0. The second-order valence-electron chi connectivity index (χ2n) is 7.35. The van der Waals surface area contributed by atoms with Crippen LogP contribution in [0.2, 0.25) is 0 Å². The van der Waals surface area contributed by atoms with Crippen molar-refractivity contribution in [1.82, 2.24) is 4.90 Å². The highest BCUT2D eigenvalue weighted by Gasteiger charge is 2.16. The van der Waals surface area contributed by atoms with E-state index < -0.39 is 0 Å². The van der Waals surface area contributed by atoms with Crippen molar-refractivity contribution < 1.29 is 0 Å². The Bertz CT molecular complexity index is 536. The van der Waals surface area contributed by atoms with Gasteiger partial charge in [0.25, 0.3) is 0 Å². The van der Waals surface area contributed by atoms with Crippen molar-refractivity contribution in [3.8, 4) is 0 Å². The molecule has 1 saturated heterocycles. The Hall–Kier alpha value is -1.55. The molecule has 0 aliphatic carbocycles. The van der Waals surface area contributed by atoms with Gasteiger partial charge in [0.05, 0.1) is 0 Å². The molecule has 1 aliphatic heterocycles. The highest BCUT2D eigenvalue weighted by Crippen LogP contribution is 2.23. The molecule has 0 aromatic heterocycles. The monoisotopic (exact) mass is 344 g/mol. The number of aryl methyl sites for hydroxylation is 3. The third-order valence-electron chi connectivity index (χ3n) is 4.94. The van der Waals surface area contributed by atoms with Gasteiger partial charge in [-0.15, -0.1) is 0 Å². The lowest BCUT2D eigenvalue weighted by molar-refractivity contribution is 0.340. The number of nitrogens with one attached hydrogen (secondary N) is 1. The SMILES string of the molecule is Cc1cc(C)c(NC(=NCCCCCCN)N2CCCCC2)c(C)c1. The molecule has 1 aliphatic rings. The van der Waals surface area contributed by atoms with E-state index in [4.69, 9.17) is 10.7 Å². The van der Waals surface area contributed by atoms with Gasteiger partial charge >= 0.3 is 0 Å². The summed E-state index contributed by atoms with van der Waals surface area (Å²) in [4.78, 5) is 7.38. The maximum atomic E-state index is 5.57. The van der Waals surface area contributed by atoms with E-state index in [0.29, 0.717) is 0 Å². The lowest BCUT2D eigenvalue weighted by Gasteiger charge is -2.31. The number of nitrogens with zero attached hydrogens (tertiary/aromatic N) is 2. The topological polar surface area (TPSA) is 53.6 Å². The van der Waals surface area contributed by atoms with Crippen molar-refractivity contribution in [2.45, 2.75) is 65.7 Å². The van der Waals surface area contributed by atoms with Crippen LogP contribution in [0.4, 0.5) is 5.69 Å². The van der Waals surface area contributed by atoms with Crippen LogP contribution in [0.3, 0.4) is 0 Å². The first-order valence-corrected chi connectivity index (χ1v) is 9.96. The molecular formula is C21H36N4. The Balaban J connectivity index is 2.06. The molecule has 4 nitrogen and oxygen atoms in total. The van der Waals surface area contributed by atoms with Crippen LogP contribution in [-0.4, -0.2) is 37.0 Å². The van der Waals surface area contributed by atoms with Gasteiger partial charge < -0.3 is 16.0 Å². The molecule has 3 N–H and O–H groups in total. The highest BCUT2D eigenvalue weighted by molar-refractivity contribution is 5.95. The van der Waals surface area contributed by atoms with Crippen LogP contribution in [0.15, 0.2) is 17.1 Å². The van der Waals surface area contributed by atoms with Gasteiger partial charge in [0.1, 0.15) is 0 Å². The number of unbranched alkanes of at least 4 members (excludes halogenated alkanes) is 3. The normalized spacial score (nSPS) is 15.5. The molecule has 0 spiro atoms. The first-order valence-electron chi connectivity index (χ1n) is 9.96. The molecule has 25 heavy (non-hydrogen) atoms. The molecule has 0 atom stereocenters. The van der Waals surface area contributed by atoms with E-state index in [0.717, 1.165) is 45.0 Å². The minimum atomic E-state index is 0.801. The molecule has 1 aromatic carbocycles. The van der Waals surface area contributed by atoms with Crippen molar-refractivity contribution in [3.63, 3.8) is 0 Å². The number of hydrogen-bond acceptors (Lipinski definition) is 2. The zero-order valence-electron chi connectivity index (χ0n) is 16.4. The second kappa shape index (κ2) is 10.4. The first-order chi connectivity index (χ1) is 12.1. The number of rotatable bonds is 7. The Morgan fingerprint density at radius 3 is 2.28 bits per heavy atom. The van der Waals surface area contributed by atoms with E-state index in [1.54, 1.807) is 0 Å². The summed E-state index contributed by atoms with van der Waals surface area (Å²) < 4.78 is 0. The number of benzene rings is 1. The zero-order chi connectivity index (χ0) is 18.1. The number of piperidine rings is 1. The van der Waals surface area contributed by atoms with E-state index in [2.05, 4.69) is 43.1 Å². The average Bonchev–Trinajstić information content (AvgIpc) is 2.59. The van der Waals surface area contributed by atoms with Gasteiger partial charge in [0, 0.05) is 25.3 Å². The Morgan fingerprint density at radius 1 is 1.00 bits per heavy atom. The molecule has 0 unspecified atom stereocenters. The number of anilines is 1. The standard InChI is InChI=1S/C21H36N4/c1-17-15-18(2)20(19(3)16-17)24-21(25-13-9-6-10-14-25)23-12-8-5-4-7-11-22/h15-16H,4-14,22H2,1-3H3,(H,23,24). The molecule has 140 valence electrons. The molecule has 0 bridgehead atoms. The van der Waals surface area contributed by atoms with Crippen LogP contribution in [0.25, 0.3) is 0 Å². The summed E-state index contributed by atoms with van der Waals surface area (Å²) in [5.41, 5.74) is 10.7. The van der Waals surface area contributed by atoms with Crippen LogP contribution in [0, 0.1) is 20.8 Å². The second-order valence-corrected chi connectivity index (χ2v) is 7.35. The summed E-state index contributed by atoms with van der Waals surface area (Å²) in [5, 5.41) is 3.67. The Morgan fingerprint density at radius 2 is 1.64 bits per heavy atom. The molecule has 2 rings (SSSR count). The fourth-order valence-corrected chi connectivity index (χ4v) is 3.61. The molecule has 0 saturated carbocycles. The van der Waals surface area contributed by atoms with E-state index in [1.165, 1.54) is 54.5 Å². The van der Waals surface area contributed by atoms with E-state index in [-0.39, 0.29) is 0 Å². The molecule has 1 fully saturated rings.